The summed E-state index contributed by atoms with van der Waals surface area (Å²) in [5.41, 5.74) is 1.06. The van der Waals surface area contributed by atoms with Gasteiger partial charge in [-0.2, -0.15) is 5.10 Å². The standard InChI is InChI=1S/C12H19N3O/c1-8(2)10-7-11(15-14-10)13-12(16)9-5-3-4-6-9/h7-9H,3-6H2,1-2H3,(H2,13,14,15,16). The Morgan fingerprint density at radius 1 is 1.50 bits per heavy atom. The Morgan fingerprint density at radius 3 is 2.75 bits per heavy atom. The molecule has 0 aliphatic heterocycles. The van der Waals surface area contributed by atoms with Gasteiger partial charge in [-0.3, -0.25) is 9.89 Å². The van der Waals surface area contributed by atoms with Gasteiger partial charge in [-0.25, -0.2) is 0 Å². The van der Waals surface area contributed by atoms with Crippen molar-refractivity contribution in [2.75, 3.05) is 5.32 Å². The van der Waals surface area contributed by atoms with Gasteiger partial charge >= 0.3 is 0 Å². The van der Waals surface area contributed by atoms with Crippen LogP contribution in [-0.4, -0.2) is 16.1 Å². The summed E-state index contributed by atoms with van der Waals surface area (Å²) in [6, 6.07) is 1.91. The highest BCUT2D eigenvalue weighted by molar-refractivity contribution is 5.91. The van der Waals surface area contributed by atoms with Gasteiger partial charge in [-0.05, 0) is 18.8 Å². The van der Waals surface area contributed by atoms with Crippen LogP contribution < -0.4 is 5.32 Å². The number of aromatic nitrogens is 2. The molecule has 1 heterocycles. The number of carbonyl (C=O) groups excluding carboxylic acids is 1. The fourth-order valence-corrected chi connectivity index (χ4v) is 2.11. The van der Waals surface area contributed by atoms with E-state index >= 15 is 0 Å². The number of anilines is 1. The molecule has 2 rings (SSSR count). The van der Waals surface area contributed by atoms with Gasteiger partial charge in [-0.15, -0.1) is 0 Å². The summed E-state index contributed by atoms with van der Waals surface area (Å²) >= 11 is 0. The highest BCUT2D eigenvalue weighted by atomic mass is 16.1. The SMILES string of the molecule is CC(C)c1cc(NC(=O)C2CCCC2)n[nH]1. The summed E-state index contributed by atoms with van der Waals surface area (Å²) in [6.07, 6.45) is 4.40. The first-order valence-corrected chi connectivity index (χ1v) is 6.03. The molecule has 1 fully saturated rings. The Morgan fingerprint density at radius 2 is 2.19 bits per heavy atom. The summed E-state index contributed by atoms with van der Waals surface area (Å²) in [4.78, 5) is 11.8. The molecular formula is C12H19N3O. The molecule has 0 aromatic carbocycles. The van der Waals surface area contributed by atoms with Crippen LogP contribution in [0.2, 0.25) is 0 Å². The number of H-pyrrole nitrogens is 1. The van der Waals surface area contributed by atoms with Crippen molar-refractivity contribution in [1.29, 1.82) is 0 Å². The maximum Gasteiger partial charge on any atom is 0.228 e. The number of hydrogen-bond acceptors (Lipinski definition) is 2. The Hall–Kier alpha value is -1.32. The van der Waals surface area contributed by atoms with Gasteiger partial charge in [0, 0.05) is 17.7 Å². The molecular weight excluding hydrogens is 202 g/mol. The van der Waals surface area contributed by atoms with Gasteiger partial charge < -0.3 is 5.32 Å². The van der Waals surface area contributed by atoms with Gasteiger partial charge in [0.1, 0.15) is 0 Å². The summed E-state index contributed by atoms with van der Waals surface area (Å²) in [7, 11) is 0. The topological polar surface area (TPSA) is 57.8 Å². The van der Waals surface area contributed by atoms with E-state index in [9.17, 15) is 4.79 Å². The zero-order valence-electron chi connectivity index (χ0n) is 9.92. The van der Waals surface area contributed by atoms with Gasteiger partial charge in [0.2, 0.25) is 5.91 Å². The molecule has 1 saturated carbocycles. The van der Waals surface area contributed by atoms with E-state index in [1.165, 1.54) is 12.8 Å². The fourth-order valence-electron chi connectivity index (χ4n) is 2.11. The van der Waals surface area contributed by atoms with E-state index in [0.29, 0.717) is 11.7 Å². The van der Waals surface area contributed by atoms with Crippen LogP contribution in [0, 0.1) is 5.92 Å². The molecule has 1 aliphatic carbocycles. The lowest BCUT2D eigenvalue weighted by Crippen LogP contribution is -2.20. The van der Waals surface area contributed by atoms with E-state index in [1.807, 2.05) is 6.07 Å². The molecule has 1 aromatic rings. The van der Waals surface area contributed by atoms with Crippen LogP contribution in [0.1, 0.15) is 51.1 Å². The van der Waals surface area contributed by atoms with Gasteiger partial charge in [-0.1, -0.05) is 26.7 Å². The third-order valence-electron chi connectivity index (χ3n) is 3.20. The molecule has 88 valence electrons. The van der Waals surface area contributed by atoms with E-state index in [0.717, 1.165) is 18.5 Å². The maximum atomic E-state index is 11.8. The predicted molar refractivity (Wildman–Crippen MR) is 63.3 cm³/mol. The van der Waals surface area contributed by atoms with Crippen LogP contribution in [0.3, 0.4) is 0 Å². The highest BCUT2D eigenvalue weighted by Crippen LogP contribution is 2.26. The molecule has 16 heavy (non-hydrogen) atoms. The van der Waals surface area contributed by atoms with Crippen molar-refractivity contribution >= 4 is 11.7 Å². The lowest BCUT2D eigenvalue weighted by molar-refractivity contribution is -0.119. The van der Waals surface area contributed by atoms with Crippen molar-refractivity contribution < 1.29 is 4.79 Å². The average molecular weight is 221 g/mol. The van der Waals surface area contributed by atoms with Crippen LogP contribution in [0.4, 0.5) is 5.82 Å². The van der Waals surface area contributed by atoms with Crippen LogP contribution in [-0.2, 0) is 4.79 Å². The van der Waals surface area contributed by atoms with E-state index < -0.39 is 0 Å². The predicted octanol–water partition coefficient (Wildman–Crippen LogP) is 2.66. The van der Waals surface area contributed by atoms with Gasteiger partial charge in [0.15, 0.2) is 5.82 Å². The summed E-state index contributed by atoms with van der Waals surface area (Å²) < 4.78 is 0. The van der Waals surface area contributed by atoms with Crippen LogP contribution in [0.5, 0.6) is 0 Å². The number of nitrogens with zero attached hydrogens (tertiary/aromatic N) is 1. The zero-order valence-corrected chi connectivity index (χ0v) is 9.92. The molecule has 0 spiro atoms. The van der Waals surface area contributed by atoms with E-state index in [2.05, 4.69) is 29.4 Å². The summed E-state index contributed by atoms with van der Waals surface area (Å²) in [6.45, 7) is 4.19. The zero-order chi connectivity index (χ0) is 11.5. The van der Waals surface area contributed by atoms with Crippen molar-refractivity contribution in [3.05, 3.63) is 11.8 Å². The van der Waals surface area contributed by atoms with Crippen molar-refractivity contribution in [3.8, 4) is 0 Å². The normalized spacial score (nSPS) is 16.9. The van der Waals surface area contributed by atoms with Gasteiger partial charge in [0.25, 0.3) is 0 Å². The van der Waals surface area contributed by atoms with E-state index in [1.54, 1.807) is 0 Å². The molecule has 2 N–H and O–H groups in total. The van der Waals surface area contributed by atoms with Crippen molar-refractivity contribution in [1.82, 2.24) is 10.2 Å². The van der Waals surface area contributed by atoms with Crippen LogP contribution in [0.25, 0.3) is 0 Å². The molecule has 4 heteroatoms. The second-order valence-electron chi connectivity index (χ2n) is 4.83. The Labute approximate surface area is 95.8 Å². The maximum absolute atomic E-state index is 11.8. The summed E-state index contributed by atoms with van der Waals surface area (Å²) in [5, 5.41) is 9.91. The molecule has 0 bridgehead atoms. The quantitative estimate of drug-likeness (QED) is 0.824. The van der Waals surface area contributed by atoms with Crippen molar-refractivity contribution in [2.24, 2.45) is 5.92 Å². The second kappa shape index (κ2) is 4.68. The number of carbonyl (C=O) groups is 1. The third kappa shape index (κ3) is 2.43. The number of rotatable bonds is 3. The molecule has 1 aliphatic rings. The Bertz CT molecular complexity index is 364. The molecule has 0 atom stereocenters. The fraction of sp³-hybridized carbons (Fsp3) is 0.667. The van der Waals surface area contributed by atoms with Gasteiger partial charge in [0.05, 0.1) is 0 Å². The lowest BCUT2D eigenvalue weighted by Gasteiger charge is -2.07. The molecule has 0 saturated heterocycles. The van der Waals surface area contributed by atoms with E-state index in [4.69, 9.17) is 0 Å². The summed E-state index contributed by atoms with van der Waals surface area (Å²) in [5.74, 6) is 1.38. The van der Waals surface area contributed by atoms with Crippen LogP contribution in [0.15, 0.2) is 6.07 Å². The first kappa shape index (κ1) is 11.2. The third-order valence-corrected chi connectivity index (χ3v) is 3.20. The largest absolute Gasteiger partial charge is 0.309 e. The first-order chi connectivity index (χ1) is 7.66. The number of hydrogen-bond donors (Lipinski definition) is 2. The highest BCUT2D eigenvalue weighted by Gasteiger charge is 2.23. The molecule has 1 amide bonds. The average Bonchev–Trinajstić information content (AvgIpc) is 2.87. The number of aromatic amines is 1. The lowest BCUT2D eigenvalue weighted by atomic mass is 10.1. The minimum Gasteiger partial charge on any atom is -0.309 e. The van der Waals surface area contributed by atoms with Crippen LogP contribution >= 0.6 is 0 Å². The number of nitrogens with one attached hydrogen (secondary N) is 2. The molecule has 1 aromatic heterocycles. The minimum atomic E-state index is 0.124. The molecule has 4 nitrogen and oxygen atoms in total. The monoisotopic (exact) mass is 221 g/mol. The Balaban J connectivity index is 1.95. The second-order valence-corrected chi connectivity index (χ2v) is 4.83. The smallest absolute Gasteiger partial charge is 0.228 e. The van der Waals surface area contributed by atoms with E-state index in [-0.39, 0.29) is 11.8 Å². The number of amides is 1. The van der Waals surface area contributed by atoms with Crippen molar-refractivity contribution in [3.63, 3.8) is 0 Å². The minimum absolute atomic E-state index is 0.124. The molecule has 0 radical (unpaired) electrons. The molecule has 0 unspecified atom stereocenters. The van der Waals surface area contributed by atoms with Crippen molar-refractivity contribution in [2.45, 2.75) is 45.4 Å². The Kier molecular flexibility index (Phi) is 3.27. The first-order valence-electron chi connectivity index (χ1n) is 6.03.